The van der Waals surface area contributed by atoms with E-state index in [4.69, 9.17) is 0 Å². The summed E-state index contributed by atoms with van der Waals surface area (Å²) in [7, 11) is -1.57. The van der Waals surface area contributed by atoms with Gasteiger partial charge in [-0.25, -0.2) is 18.1 Å². The van der Waals surface area contributed by atoms with E-state index < -0.39 is 10.0 Å². The number of hydrogen-bond acceptors (Lipinski definition) is 5. The summed E-state index contributed by atoms with van der Waals surface area (Å²) in [6.45, 7) is 0.493. The first-order valence-electron chi connectivity index (χ1n) is 6.74. The van der Waals surface area contributed by atoms with Gasteiger partial charge in [0.05, 0.1) is 11.4 Å². The molecule has 1 aromatic carbocycles. The summed E-state index contributed by atoms with van der Waals surface area (Å²) in [5.41, 5.74) is 0.827. The van der Waals surface area contributed by atoms with Crippen LogP contribution in [0.25, 0.3) is 0 Å². The van der Waals surface area contributed by atoms with Gasteiger partial charge in [-0.15, -0.1) is 0 Å². The van der Waals surface area contributed by atoms with Crippen LogP contribution in [0.5, 0.6) is 0 Å². The molecule has 0 bridgehead atoms. The van der Waals surface area contributed by atoms with Crippen LogP contribution >= 0.6 is 0 Å². The molecule has 1 aliphatic carbocycles. The molecule has 0 amide bonds. The lowest BCUT2D eigenvalue weighted by atomic mass is 10.3. The lowest BCUT2D eigenvalue weighted by Gasteiger charge is -2.07. The molecule has 0 unspecified atom stereocenters. The molecule has 1 aliphatic rings. The largest absolute Gasteiger partial charge is 0.378 e. The summed E-state index contributed by atoms with van der Waals surface area (Å²) in [6, 6.07) is 6.79. The van der Waals surface area contributed by atoms with E-state index in [0.717, 1.165) is 18.5 Å². The SMILES string of the molecule is Cn1cnc(CNc2ccc(S(=O)(=O)NC3CC3)cc2)n1. The van der Waals surface area contributed by atoms with Gasteiger partial charge in [0.1, 0.15) is 6.33 Å². The highest BCUT2D eigenvalue weighted by molar-refractivity contribution is 7.89. The molecule has 3 rings (SSSR count). The van der Waals surface area contributed by atoms with Crippen molar-refractivity contribution in [1.82, 2.24) is 19.5 Å². The predicted molar refractivity (Wildman–Crippen MR) is 78.1 cm³/mol. The predicted octanol–water partition coefficient (Wildman–Crippen LogP) is 0.868. The Labute approximate surface area is 123 Å². The zero-order chi connectivity index (χ0) is 14.9. The fourth-order valence-electron chi connectivity index (χ4n) is 1.89. The number of hydrogen-bond donors (Lipinski definition) is 2. The van der Waals surface area contributed by atoms with E-state index in [9.17, 15) is 8.42 Å². The second kappa shape index (κ2) is 5.45. The average molecular weight is 307 g/mol. The third-order valence-electron chi connectivity index (χ3n) is 3.16. The highest BCUT2D eigenvalue weighted by Gasteiger charge is 2.27. The third-order valence-corrected chi connectivity index (χ3v) is 4.70. The summed E-state index contributed by atoms with van der Waals surface area (Å²) in [5.74, 6) is 0.685. The Morgan fingerprint density at radius 1 is 1.29 bits per heavy atom. The van der Waals surface area contributed by atoms with Crippen LogP contribution in [0.3, 0.4) is 0 Å². The molecule has 8 heteroatoms. The summed E-state index contributed by atoms with van der Waals surface area (Å²) < 4.78 is 28.3. The number of aryl methyl sites for hydroxylation is 1. The van der Waals surface area contributed by atoms with Crippen LogP contribution < -0.4 is 10.0 Å². The van der Waals surface area contributed by atoms with Gasteiger partial charge in [-0.2, -0.15) is 5.10 Å². The van der Waals surface area contributed by atoms with Crippen molar-refractivity contribution in [1.29, 1.82) is 0 Å². The second-order valence-corrected chi connectivity index (χ2v) is 6.82. The average Bonchev–Trinajstić information content (AvgIpc) is 3.16. The van der Waals surface area contributed by atoms with Crippen LogP contribution in [0.1, 0.15) is 18.7 Å². The van der Waals surface area contributed by atoms with Crippen molar-refractivity contribution in [2.24, 2.45) is 7.05 Å². The van der Waals surface area contributed by atoms with E-state index in [1.54, 1.807) is 35.3 Å². The Balaban J connectivity index is 1.63. The Hall–Kier alpha value is -1.93. The number of sulfonamides is 1. The van der Waals surface area contributed by atoms with Crippen molar-refractivity contribution < 1.29 is 8.42 Å². The molecule has 2 aromatic rings. The van der Waals surface area contributed by atoms with Crippen LogP contribution in [0.15, 0.2) is 35.5 Å². The third kappa shape index (κ3) is 3.59. The maximum atomic E-state index is 12.0. The Kier molecular flexibility index (Phi) is 3.64. The lowest BCUT2D eigenvalue weighted by molar-refractivity contribution is 0.581. The van der Waals surface area contributed by atoms with Crippen LogP contribution in [0.4, 0.5) is 5.69 Å². The maximum Gasteiger partial charge on any atom is 0.240 e. The molecule has 0 spiro atoms. The fourth-order valence-corrected chi connectivity index (χ4v) is 3.19. The van der Waals surface area contributed by atoms with Crippen molar-refractivity contribution >= 4 is 15.7 Å². The molecule has 1 aromatic heterocycles. The molecular formula is C13H17N5O2S. The zero-order valence-electron chi connectivity index (χ0n) is 11.7. The molecule has 0 aliphatic heterocycles. The van der Waals surface area contributed by atoms with Gasteiger partial charge < -0.3 is 5.32 Å². The van der Waals surface area contributed by atoms with Crippen molar-refractivity contribution in [2.45, 2.75) is 30.3 Å². The van der Waals surface area contributed by atoms with Crippen molar-refractivity contribution in [3.05, 3.63) is 36.4 Å². The Morgan fingerprint density at radius 2 is 2.00 bits per heavy atom. The number of rotatable bonds is 6. The Morgan fingerprint density at radius 3 is 2.57 bits per heavy atom. The van der Waals surface area contributed by atoms with Crippen LogP contribution in [0.2, 0.25) is 0 Å². The minimum absolute atomic E-state index is 0.114. The number of nitrogens with one attached hydrogen (secondary N) is 2. The highest BCUT2D eigenvalue weighted by atomic mass is 32.2. The minimum Gasteiger partial charge on any atom is -0.378 e. The van der Waals surface area contributed by atoms with Gasteiger partial charge in [0, 0.05) is 18.8 Å². The molecular weight excluding hydrogens is 290 g/mol. The van der Waals surface area contributed by atoms with E-state index in [0.29, 0.717) is 12.4 Å². The monoisotopic (exact) mass is 307 g/mol. The normalized spacial score (nSPS) is 15.1. The first-order valence-corrected chi connectivity index (χ1v) is 8.22. The smallest absolute Gasteiger partial charge is 0.240 e. The maximum absolute atomic E-state index is 12.0. The van der Waals surface area contributed by atoms with Gasteiger partial charge in [-0.1, -0.05) is 0 Å². The standard InChI is InChI=1S/C13H17N5O2S/c1-18-9-15-13(16-18)8-14-10-4-6-12(7-5-10)21(19,20)17-11-2-3-11/h4-7,9,11,14,17H,2-3,8H2,1H3. The van der Waals surface area contributed by atoms with Gasteiger partial charge in [-0.05, 0) is 37.1 Å². The molecule has 0 saturated heterocycles. The lowest BCUT2D eigenvalue weighted by Crippen LogP contribution is -2.25. The van der Waals surface area contributed by atoms with E-state index >= 15 is 0 Å². The first kappa shape index (κ1) is 14.0. The van der Waals surface area contributed by atoms with Gasteiger partial charge >= 0.3 is 0 Å². The summed E-state index contributed by atoms with van der Waals surface area (Å²) >= 11 is 0. The summed E-state index contributed by atoms with van der Waals surface area (Å²) in [6.07, 6.45) is 3.49. The summed E-state index contributed by atoms with van der Waals surface area (Å²) in [5, 5.41) is 7.31. The van der Waals surface area contributed by atoms with Gasteiger partial charge in [0.2, 0.25) is 10.0 Å². The second-order valence-electron chi connectivity index (χ2n) is 5.11. The fraction of sp³-hybridized carbons (Fsp3) is 0.385. The molecule has 1 heterocycles. The van der Waals surface area contributed by atoms with E-state index in [1.165, 1.54) is 0 Å². The number of aromatic nitrogens is 3. The highest BCUT2D eigenvalue weighted by Crippen LogP contribution is 2.22. The van der Waals surface area contributed by atoms with Crippen LogP contribution in [-0.2, 0) is 23.6 Å². The van der Waals surface area contributed by atoms with Gasteiger partial charge in [0.25, 0.3) is 0 Å². The number of nitrogens with zero attached hydrogens (tertiary/aromatic N) is 3. The van der Waals surface area contributed by atoms with Gasteiger partial charge in [-0.3, -0.25) is 4.68 Å². The van der Waals surface area contributed by atoms with Crippen LogP contribution in [-0.4, -0.2) is 29.2 Å². The Bertz CT molecular complexity index is 719. The molecule has 1 fully saturated rings. The van der Waals surface area contributed by atoms with Crippen molar-refractivity contribution in [2.75, 3.05) is 5.32 Å². The molecule has 2 N–H and O–H groups in total. The number of anilines is 1. The van der Waals surface area contributed by atoms with E-state index in [-0.39, 0.29) is 10.9 Å². The first-order chi connectivity index (χ1) is 10.0. The van der Waals surface area contributed by atoms with Crippen molar-refractivity contribution in [3.8, 4) is 0 Å². The molecule has 1 saturated carbocycles. The van der Waals surface area contributed by atoms with E-state index in [2.05, 4.69) is 20.1 Å². The van der Waals surface area contributed by atoms with E-state index in [1.807, 2.05) is 7.05 Å². The molecule has 112 valence electrons. The van der Waals surface area contributed by atoms with Crippen molar-refractivity contribution in [3.63, 3.8) is 0 Å². The zero-order valence-corrected chi connectivity index (χ0v) is 12.5. The minimum atomic E-state index is -3.38. The van der Waals surface area contributed by atoms with Crippen LogP contribution in [0, 0.1) is 0 Å². The number of benzene rings is 1. The topological polar surface area (TPSA) is 88.9 Å². The summed E-state index contributed by atoms with van der Waals surface area (Å²) in [4.78, 5) is 4.40. The molecule has 0 radical (unpaired) electrons. The molecule has 7 nitrogen and oxygen atoms in total. The van der Waals surface area contributed by atoms with Gasteiger partial charge in [0.15, 0.2) is 5.82 Å². The molecule has 21 heavy (non-hydrogen) atoms. The molecule has 0 atom stereocenters. The quantitative estimate of drug-likeness (QED) is 0.826.